The number of benzene rings is 1. The quantitative estimate of drug-likeness (QED) is 0.733. The number of H-pyrrole nitrogens is 1. The molecule has 3 heterocycles. The number of nitrogens with zero attached hydrogens (tertiary/aromatic N) is 3. The Hall–Kier alpha value is -2.67. The van der Waals surface area contributed by atoms with E-state index in [1.54, 1.807) is 13.2 Å². The number of methoxy groups -OCH3 is 1. The predicted molar refractivity (Wildman–Crippen MR) is 105 cm³/mol. The number of carbonyl (C=O) groups excluding carboxylic acids is 1. The van der Waals surface area contributed by atoms with Gasteiger partial charge in [-0.1, -0.05) is 0 Å². The molecule has 28 heavy (non-hydrogen) atoms. The van der Waals surface area contributed by atoms with E-state index < -0.39 is 0 Å². The van der Waals surface area contributed by atoms with Crippen molar-refractivity contribution in [3.05, 3.63) is 53.5 Å². The predicted octanol–water partition coefficient (Wildman–Crippen LogP) is 3.48. The Bertz CT molecular complexity index is 986. The van der Waals surface area contributed by atoms with Crippen molar-refractivity contribution in [2.45, 2.75) is 32.2 Å². The molecule has 4 rings (SSSR count). The first-order valence-electron chi connectivity index (χ1n) is 9.65. The molecule has 7 heteroatoms. The number of piperidine rings is 1. The molecular weight excluding hydrogens is 359 g/mol. The summed E-state index contributed by atoms with van der Waals surface area (Å²) >= 11 is 0. The van der Waals surface area contributed by atoms with E-state index in [1.807, 2.05) is 24.2 Å². The van der Waals surface area contributed by atoms with Crippen molar-refractivity contribution in [1.82, 2.24) is 19.4 Å². The average molecular weight is 384 g/mol. The topological polar surface area (TPSA) is 63.1 Å². The molecule has 0 atom stereocenters. The fourth-order valence-corrected chi connectivity index (χ4v) is 4.07. The Balaban J connectivity index is 1.46. The molecule has 0 saturated carbocycles. The van der Waals surface area contributed by atoms with Crippen LogP contribution in [0.15, 0.2) is 30.6 Å². The summed E-state index contributed by atoms with van der Waals surface area (Å²) in [5, 5.41) is 0.762. The SMILES string of the molecule is COCCn1ccnc1C1CCN(C(=O)c2[nH]c3ccc(F)cc3c2C)CC1. The summed E-state index contributed by atoms with van der Waals surface area (Å²) in [5.41, 5.74) is 2.15. The van der Waals surface area contributed by atoms with Crippen LogP contribution in [0.3, 0.4) is 0 Å². The Kier molecular flexibility index (Phi) is 5.17. The highest BCUT2D eigenvalue weighted by atomic mass is 19.1. The molecule has 1 saturated heterocycles. The van der Waals surface area contributed by atoms with Crippen LogP contribution in [0.4, 0.5) is 4.39 Å². The Labute approximate surface area is 163 Å². The number of nitrogens with one attached hydrogen (secondary N) is 1. The van der Waals surface area contributed by atoms with Crippen LogP contribution in [-0.2, 0) is 11.3 Å². The normalized spacial score (nSPS) is 15.5. The molecule has 1 aliphatic heterocycles. The standard InChI is InChI=1S/C21H25FN4O2/c1-14-17-13-16(22)3-4-18(17)24-19(14)21(27)26-8-5-15(6-9-26)20-23-7-10-25(20)11-12-28-2/h3-4,7,10,13,15,24H,5-6,8-9,11-12H2,1-2H3. The third-order valence-electron chi connectivity index (χ3n) is 5.67. The van der Waals surface area contributed by atoms with Crippen LogP contribution >= 0.6 is 0 Å². The zero-order chi connectivity index (χ0) is 19.7. The van der Waals surface area contributed by atoms with Gasteiger partial charge in [-0.3, -0.25) is 4.79 Å². The molecule has 1 N–H and O–H groups in total. The van der Waals surface area contributed by atoms with Gasteiger partial charge in [-0.15, -0.1) is 0 Å². The minimum Gasteiger partial charge on any atom is -0.383 e. The Morgan fingerprint density at radius 2 is 2.14 bits per heavy atom. The van der Waals surface area contributed by atoms with E-state index in [-0.39, 0.29) is 11.7 Å². The number of hydrogen-bond acceptors (Lipinski definition) is 3. The van der Waals surface area contributed by atoms with Crippen molar-refractivity contribution < 1.29 is 13.9 Å². The Morgan fingerprint density at radius 3 is 2.89 bits per heavy atom. The molecule has 3 aromatic rings. The molecule has 0 bridgehead atoms. The zero-order valence-corrected chi connectivity index (χ0v) is 16.2. The maximum absolute atomic E-state index is 13.5. The van der Waals surface area contributed by atoms with Gasteiger partial charge in [0.25, 0.3) is 5.91 Å². The third-order valence-corrected chi connectivity index (χ3v) is 5.67. The van der Waals surface area contributed by atoms with E-state index >= 15 is 0 Å². The van der Waals surface area contributed by atoms with Gasteiger partial charge in [0.05, 0.1) is 6.61 Å². The summed E-state index contributed by atoms with van der Waals surface area (Å²) < 4.78 is 20.9. The van der Waals surface area contributed by atoms with E-state index in [0.29, 0.717) is 31.3 Å². The number of halogens is 1. The smallest absolute Gasteiger partial charge is 0.270 e. The highest BCUT2D eigenvalue weighted by Crippen LogP contribution is 2.29. The fourth-order valence-electron chi connectivity index (χ4n) is 4.07. The molecule has 1 aromatic carbocycles. The summed E-state index contributed by atoms with van der Waals surface area (Å²) in [4.78, 5) is 22.6. The van der Waals surface area contributed by atoms with Crippen LogP contribution in [-0.4, -0.2) is 52.1 Å². The van der Waals surface area contributed by atoms with E-state index in [1.165, 1.54) is 12.1 Å². The third kappa shape index (κ3) is 3.42. The monoisotopic (exact) mass is 384 g/mol. The number of aromatic nitrogens is 3. The molecule has 0 spiro atoms. The molecule has 2 aromatic heterocycles. The highest BCUT2D eigenvalue weighted by molar-refractivity contribution is 6.00. The number of carbonyl (C=O) groups is 1. The molecular formula is C21H25FN4O2. The second-order valence-corrected chi connectivity index (χ2v) is 7.35. The lowest BCUT2D eigenvalue weighted by atomic mass is 9.95. The number of hydrogen-bond donors (Lipinski definition) is 1. The number of imidazole rings is 1. The lowest BCUT2D eigenvalue weighted by Crippen LogP contribution is -2.38. The first kappa shape index (κ1) is 18.7. The van der Waals surface area contributed by atoms with E-state index in [2.05, 4.69) is 14.5 Å². The molecule has 1 fully saturated rings. The summed E-state index contributed by atoms with van der Waals surface area (Å²) in [6.07, 6.45) is 5.57. The number of likely N-dealkylation sites (tertiary alicyclic amines) is 1. The summed E-state index contributed by atoms with van der Waals surface area (Å²) in [7, 11) is 1.70. The van der Waals surface area contributed by atoms with Crippen LogP contribution in [0.1, 0.15) is 40.6 Å². The van der Waals surface area contributed by atoms with Crippen LogP contribution in [0, 0.1) is 12.7 Å². The van der Waals surface area contributed by atoms with Crippen molar-refractivity contribution in [2.24, 2.45) is 0 Å². The van der Waals surface area contributed by atoms with Crippen molar-refractivity contribution in [3.63, 3.8) is 0 Å². The van der Waals surface area contributed by atoms with E-state index in [0.717, 1.165) is 41.7 Å². The van der Waals surface area contributed by atoms with Crippen molar-refractivity contribution in [3.8, 4) is 0 Å². The molecule has 0 radical (unpaired) electrons. The van der Waals surface area contributed by atoms with Gasteiger partial charge in [0, 0.05) is 56.0 Å². The minimum atomic E-state index is -0.293. The molecule has 0 aliphatic carbocycles. The number of aryl methyl sites for hydroxylation is 1. The largest absolute Gasteiger partial charge is 0.383 e. The molecule has 6 nitrogen and oxygen atoms in total. The van der Waals surface area contributed by atoms with Crippen LogP contribution in [0.5, 0.6) is 0 Å². The highest BCUT2D eigenvalue weighted by Gasteiger charge is 2.28. The van der Waals surface area contributed by atoms with Crippen molar-refractivity contribution >= 4 is 16.8 Å². The minimum absolute atomic E-state index is 0.0183. The molecule has 1 aliphatic rings. The second kappa shape index (κ2) is 7.75. The fraction of sp³-hybridized carbons (Fsp3) is 0.429. The van der Waals surface area contributed by atoms with Gasteiger partial charge in [0.15, 0.2) is 0 Å². The Morgan fingerprint density at radius 1 is 1.36 bits per heavy atom. The van der Waals surface area contributed by atoms with Gasteiger partial charge in [-0.05, 0) is 43.5 Å². The zero-order valence-electron chi connectivity index (χ0n) is 16.2. The summed E-state index contributed by atoms with van der Waals surface area (Å²) in [6, 6.07) is 4.56. The first-order chi connectivity index (χ1) is 13.6. The van der Waals surface area contributed by atoms with Gasteiger partial charge in [-0.2, -0.15) is 0 Å². The lowest BCUT2D eigenvalue weighted by molar-refractivity contribution is 0.0704. The van der Waals surface area contributed by atoms with Crippen LogP contribution in [0.2, 0.25) is 0 Å². The van der Waals surface area contributed by atoms with Gasteiger partial charge < -0.3 is 19.2 Å². The van der Waals surface area contributed by atoms with Crippen molar-refractivity contribution in [2.75, 3.05) is 26.8 Å². The summed E-state index contributed by atoms with van der Waals surface area (Å²) in [6.45, 7) is 4.68. The van der Waals surface area contributed by atoms with Gasteiger partial charge in [0.1, 0.15) is 17.3 Å². The van der Waals surface area contributed by atoms with Gasteiger partial charge in [0.2, 0.25) is 0 Å². The number of ether oxygens (including phenoxy) is 1. The lowest BCUT2D eigenvalue weighted by Gasteiger charge is -2.32. The van der Waals surface area contributed by atoms with Crippen molar-refractivity contribution in [1.29, 1.82) is 0 Å². The van der Waals surface area contributed by atoms with Gasteiger partial charge in [-0.25, -0.2) is 9.37 Å². The number of rotatable bonds is 5. The second-order valence-electron chi connectivity index (χ2n) is 7.35. The number of fused-ring (bicyclic) bond motifs is 1. The average Bonchev–Trinajstić information content (AvgIpc) is 3.31. The van der Waals surface area contributed by atoms with E-state index in [4.69, 9.17) is 4.74 Å². The van der Waals surface area contributed by atoms with Gasteiger partial charge >= 0.3 is 0 Å². The maximum Gasteiger partial charge on any atom is 0.270 e. The van der Waals surface area contributed by atoms with Crippen LogP contribution < -0.4 is 0 Å². The first-order valence-corrected chi connectivity index (χ1v) is 9.65. The maximum atomic E-state index is 13.5. The van der Waals surface area contributed by atoms with E-state index in [9.17, 15) is 9.18 Å². The number of amides is 1. The molecule has 148 valence electrons. The summed E-state index contributed by atoms with van der Waals surface area (Å²) in [5.74, 6) is 1.10. The van der Waals surface area contributed by atoms with Crippen LogP contribution in [0.25, 0.3) is 10.9 Å². The number of aromatic amines is 1. The molecule has 0 unspecified atom stereocenters. The molecule has 1 amide bonds.